The lowest BCUT2D eigenvalue weighted by molar-refractivity contribution is 0.392. The Morgan fingerprint density at radius 1 is 1.15 bits per heavy atom. The molecular weight excluding hydrogens is 366 g/mol. The second-order valence-electron chi connectivity index (χ2n) is 7.02. The van der Waals surface area contributed by atoms with Gasteiger partial charge in [-0.15, -0.1) is 11.8 Å². The lowest BCUT2D eigenvalue weighted by Gasteiger charge is -2.15. The predicted octanol–water partition coefficient (Wildman–Crippen LogP) is 2.35. The minimum absolute atomic E-state index is 0.233. The Morgan fingerprint density at radius 3 is 2.44 bits per heavy atom. The number of hydrogen-bond acceptors (Lipinski definition) is 7. The van der Waals surface area contributed by atoms with Crippen molar-refractivity contribution in [1.82, 2.24) is 24.3 Å². The van der Waals surface area contributed by atoms with Gasteiger partial charge in [0.25, 0.3) is 5.56 Å². The average Bonchev–Trinajstić information content (AvgIpc) is 2.92. The Bertz CT molecular complexity index is 1110. The van der Waals surface area contributed by atoms with Crippen molar-refractivity contribution >= 4 is 22.8 Å². The van der Waals surface area contributed by atoms with Crippen molar-refractivity contribution in [1.29, 1.82) is 0 Å². The van der Waals surface area contributed by atoms with E-state index in [2.05, 4.69) is 15.1 Å². The van der Waals surface area contributed by atoms with Crippen LogP contribution in [-0.2, 0) is 19.3 Å². The van der Waals surface area contributed by atoms with Gasteiger partial charge in [-0.25, -0.2) is 14.8 Å². The normalized spacial score (nSPS) is 11.7. The predicted molar refractivity (Wildman–Crippen MR) is 104 cm³/mol. The van der Waals surface area contributed by atoms with Crippen molar-refractivity contribution in [3.8, 4) is 0 Å². The molecule has 9 heteroatoms. The molecule has 0 aromatic carbocycles. The zero-order valence-corrected chi connectivity index (χ0v) is 17.2. The Hall–Kier alpha value is -2.42. The van der Waals surface area contributed by atoms with Gasteiger partial charge in [-0.05, 0) is 26.7 Å². The molecule has 0 aliphatic carbocycles. The van der Waals surface area contributed by atoms with E-state index in [-0.39, 0.29) is 17.2 Å². The third kappa shape index (κ3) is 3.55. The van der Waals surface area contributed by atoms with Gasteiger partial charge in [0.05, 0.1) is 5.69 Å². The van der Waals surface area contributed by atoms with Crippen LogP contribution in [-0.4, -0.2) is 24.3 Å². The number of hydrogen-bond donors (Lipinski definition) is 0. The van der Waals surface area contributed by atoms with E-state index in [0.29, 0.717) is 34.2 Å². The van der Waals surface area contributed by atoms with E-state index >= 15 is 0 Å². The number of fused-ring (bicyclic) bond motifs is 1. The number of aromatic nitrogens is 5. The summed E-state index contributed by atoms with van der Waals surface area (Å²) in [5, 5.41) is 4.91. The van der Waals surface area contributed by atoms with Gasteiger partial charge >= 0.3 is 5.69 Å². The van der Waals surface area contributed by atoms with E-state index in [1.807, 2.05) is 27.7 Å². The first-order valence-corrected chi connectivity index (χ1v) is 9.72. The highest BCUT2D eigenvalue weighted by atomic mass is 32.2. The van der Waals surface area contributed by atoms with Gasteiger partial charge in [-0.3, -0.25) is 13.9 Å². The molecule has 0 aliphatic rings. The Labute approximate surface area is 160 Å². The molecule has 3 heterocycles. The minimum Gasteiger partial charge on any atom is -0.361 e. The molecule has 0 bridgehead atoms. The number of thioether (sulfide) groups is 1. The van der Waals surface area contributed by atoms with E-state index in [1.165, 1.54) is 18.8 Å². The molecule has 3 rings (SSSR count). The minimum atomic E-state index is -0.378. The van der Waals surface area contributed by atoms with Gasteiger partial charge in [0.2, 0.25) is 0 Å². The van der Waals surface area contributed by atoms with E-state index in [9.17, 15) is 9.59 Å². The summed E-state index contributed by atoms with van der Waals surface area (Å²) in [5.74, 6) is 2.07. The summed E-state index contributed by atoms with van der Waals surface area (Å²) in [6.45, 7) is 10.0. The summed E-state index contributed by atoms with van der Waals surface area (Å²) < 4.78 is 7.90. The van der Waals surface area contributed by atoms with E-state index < -0.39 is 0 Å². The first-order chi connectivity index (χ1) is 12.7. The second kappa shape index (κ2) is 7.30. The molecule has 0 atom stereocenters. The Kier molecular flexibility index (Phi) is 5.23. The Balaban J connectivity index is 2.20. The van der Waals surface area contributed by atoms with Crippen molar-refractivity contribution in [2.45, 2.75) is 51.9 Å². The van der Waals surface area contributed by atoms with E-state index in [4.69, 9.17) is 4.52 Å². The lowest BCUT2D eigenvalue weighted by atomic mass is 10.2. The lowest BCUT2D eigenvalue weighted by Crippen LogP contribution is -2.39. The summed E-state index contributed by atoms with van der Waals surface area (Å²) in [6.07, 6.45) is 0. The fraction of sp³-hybridized carbons (Fsp3) is 0.500. The fourth-order valence-corrected chi connectivity index (χ4v) is 4.14. The summed E-state index contributed by atoms with van der Waals surface area (Å²) in [4.78, 5) is 34.4. The zero-order chi connectivity index (χ0) is 19.9. The first-order valence-electron chi connectivity index (χ1n) is 8.73. The van der Waals surface area contributed by atoms with Crippen LogP contribution in [0.4, 0.5) is 0 Å². The van der Waals surface area contributed by atoms with Crippen LogP contribution in [0, 0.1) is 26.7 Å². The average molecular weight is 389 g/mol. The Morgan fingerprint density at radius 2 is 1.85 bits per heavy atom. The molecule has 0 radical (unpaired) electrons. The van der Waals surface area contributed by atoms with Gasteiger partial charge in [-0.1, -0.05) is 19.0 Å². The van der Waals surface area contributed by atoms with Crippen molar-refractivity contribution in [3.05, 3.63) is 43.7 Å². The van der Waals surface area contributed by atoms with Crippen LogP contribution in [0.2, 0.25) is 0 Å². The fourth-order valence-electron chi connectivity index (χ4n) is 2.92. The van der Waals surface area contributed by atoms with Crippen LogP contribution in [0.5, 0.6) is 0 Å². The largest absolute Gasteiger partial charge is 0.361 e. The maximum absolute atomic E-state index is 12.8. The van der Waals surface area contributed by atoms with Gasteiger partial charge in [0, 0.05) is 24.9 Å². The number of aryl methyl sites for hydroxylation is 3. The van der Waals surface area contributed by atoms with Crippen LogP contribution in [0.1, 0.15) is 36.7 Å². The smallest absolute Gasteiger partial charge is 0.332 e. The third-order valence-electron chi connectivity index (χ3n) is 4.34. The molecule has 144 valence electrons. The van der Waals surface area contributed by atoms with Gasteiger partial charge in [0.15, 0.2) is 5.65 Å². The van der Waals surface area contributed by atoms with Crippen molar-refractivity contribution in [3.63, 3.8) is 0 Å². The number of nitrogens with zero attached hydrogens (tertiary/aromatic N) is 5. The zero-order valence-electron chi connectivity index (χ0n) is 16.4. The van der Waals surface area contributed by atoms with E-state index in [0.717, 1.165) is 21.6 Å². The van der Waals surface area contributed by atoms with E-state index in [1.54, 1.807) is 11.5 Å². The summed E-state index contributed by atoms with van der Waals surface area (Å²) in [5.41, 5.74) is 1.46. The molecule has 0 amide bonds. The van der Waals surface area contributed by atoms with Crippen molar-refractivity contribution in [2.24, 2.45) is 13.0 Å². The quantitative estimate of drug-likeness (QED) is 0.488. The second-order valence-corrected chi connectivity index (χ2v) is 7.98. The molecule has 0 saturated heterocycles. The topological polar surface area (TPSA) is 95.8 Å². The van der Waals surface area contributed by atoms with Gasteiger partial charge in [0.1, 0.15) is 22.0 Å². The highest BCUT2D eigenvalue weighted by Crippen LogP contribution is 2.28. The molecule has 0 aliphatic heterocycles. The summed E-state index contributed by atoms with van der Waals surface area (Å²) in [7, 11) is 1.49. The summed E-state index contributed by atoms with van der Waals surface area (Å²) >= 11 is 1.43. The van der Waals surface area contributed by atoms with Crippen LogP contribution in [0.15, 0.2) is 19.1 Å². The van der Waals surface area contributed by atoms with Crippen LogP contribution >= 0.6 is 11.8 Å². The molecule has 8 nitrogen and oxygen atoms in total. The molecule has 3 aromatic rings. The molecule has 27 heavy (non-hydrogen) atoms. The van der Waals surface area contributed by atoms with Crippen LogP contribution in [0.25, 0.3) is 11.0 Å². The molecule has 0 N–H and O–H groups in total. The molecule has 3 aromatic heterocycles. The van der Waals surface area contributed by atoms with Gasteiger partial charge in [-0.2, -0.15) is 0 Å². The van der Waals surface area contributed by atoms with Crippen molar-refractivity contribution < 1.29 is 4.52 Å². The van der Waals surface area contributed by atoms with Crippen molar-refractivity contribution in [2.75, 3.05) is 0 Å². The molecular formula is C18H23N5O3S. The molecule has 0 spiro atoms. The standard InChI is InChI=1S/C18H23N5O3S/c1-9(2)7-23-15-14(17(24)22(6)18(23)25)16(20-12(5)19-15)27-8-13-10(3)21-26-11(13)4/h9H,7-8H2,1-6H3. The monoisotopic (exact) mass is 389 g/mol. The van der Waals surface area contributed by atoms with Crippen LogP contribution < -0.4 is 11.2 Å². The third-order valence-corrected chi connectivity index (χ3v) is 5.34. The SMILES string of the molecule is Cc1nc(SCc2c(C)noc2C)c2c(=O)n(C)c(=O)n(CC(C)C)c2n1. The highest BCUT2D eigenvalue weighted by molar-refractivity contribution is 7.98. The maximum atomic E-state index is 12.8. The first kappa shape index (κ1) is 19.3. The molecule has 0 unspecified atom stereocenters. The molecule has 0 saturated carbocycles. The summed E-state index contributed by atoms with van der Waals surface area (Å²) in [6, 6.07) is 0. The van der Waals surface area contributed by atoms with Crippen LogP contribution in [0.3, 0.4) is 0 Å². The number of rotatable bonds is 5. The van der Waals surface area contributed by atoms with Gasteiger partial charge < -0.3 is 4.52 Å². The molecule has 0 fully saturated rings. The maximum Gasteiger partial charge on any atom is 0.332 e. The highest BCUT2D eigenvalue weighted by Gasteiger charge is 2.19.